The second kappa shape index (κ2) is 7.11. The quantitative estimate of drug-likeness (QED) is 0.497. The van der Waals surface area contributed by atoms with Crippen molar-refractivity contribution in [1.29, 1.82) is 0 Å². The zero-order chi connectivity index (χ0) is 14.3. The molecule has 19 heavy (non-hydrogen) atoms. The first kappa shape index (κ1) is 14.6. The van der Waals surface area contributed by atoms with E-state index in [2.05, 4.69) is 11.9 Å². The molecule has 0 aliphatic heterocycles. The minimum Gasteiger partial charge on any atom is -0.321 e. The molecule has 0 heterocycles. The van der Waals surface area contributed by atoms with Crippen molar-refractivity contribution < 1.29 is 9.59 Å². The number of hydrogen-bond acceptors (Lipinski definition) is 2. The Bertz CT molecular complexity index is 554. The lowest BCUT2D eigenvalue weighted by atomic mass is 10.1. The molecule has 0 aliphatic carbocycles. The van der Waals surface area contributed by atoms with Crippen LogP contribution in [0.2, 0.25) is 0 Å². The summed E-state index contributed by atoms with van der Waals surface area (Å²) in [5.74, 6) is -0.358. The summed E-state index contributed by atoms with van der Waals surface area (Å²) in [5, 5.41) is 2.73. The first-order valence-corrected chi connectivity index (χ1v) is 5.97. The molecule has 1 amide bonds. The average molecular weight is 255 g/mol. The molecule has 1 aromatic rings. The summed E-state index contributed by atoms with van der Waals surface area (Å²) in [5.41, 5.74) is 1.49. The fraction of sp³-hybridized carbons (Fsp3) is 0.125. The largest absolute Gasteiger partial charge is 0.321 e. The van der Waals surface area contributed by atoms with Crippen LogP contribution < -0.4 is 5.32 Å². The van der Waals surface area contributed by atoms with E-state index in [0.29, 0.717) is 16.8 Å². The van der Waals surface area contributed by atoms with Crippen molar-refractivity contribution in [3.8, 4) is 0 Å². The van der Waals surface area contributed by atoms with Crippen LogP contribution >= 0.6 is 0 Å². The smallest absolute Gasteiger partial charge is 0.255 e. The summed E-state index contributed by atoms with van der Waals surface area (Å²) >= 11 is 0. The van der Waals surface area contributed by atoms with Gasteiger partial charge in [0.15, 0.2) is 5.78 Å². The summed E-state index contributed by atoms with van der Waals surface area (Å²) < 4.78 is 0. The molecule has 0 aromatic heterocycles. The number of benzene rings is 1. The van der Waals surface area contributed by atoms with Crippen LogP contribution in [0.5, 0.6) is 0 Å². The molecule has 0 saturated heterocycles. The molecule has 0 unspecified atom stereocenters. The van der Waals surface area contributed by atoms with Gasteiger partial charge in [0.05, 0.1) is 5.69 Å². The highest BCUT2D eigenvalue weighted by atomic mass is 16.1. The summed E-state index contributed by atoms with van der Waals surface area (Å²) in [6, 6.07) is 6.92. The normalized spacial score (nSPS) is 11.4. The minimum absolute atomic E-state index is 0.0869. The van der Waals surface area contributed by atoms with E-state index >= 15 is 0 Å². The molecule has 1 N–H and O–H groups in total. The minimum atomic E-state index is -0.272. The summed E-state index contributed by atoms with van der Waals surface area (Å²) in [6.45, 7) is 6.87. The van der Waals surface area contributed by atoms with Crippen LogP contribution in [0, 0.1) is 0 Å². The number of Topliss-reactive ketones (excluding diaryl/α,β-unsaturated/α-hetero) is 1. The topological polar surface area (TPSA) is 46.2 Å². The maximum Gasteiger partial charge on any atom is 0.255 e. The summed E-state index contributed by atoms with van der Waals surface area (Å²) in [4.78, 5) is 23.6. The zero-order valence-corrected chi connectivity index (χ0v) is 11.1. The molecule has 1 rings (SSSR count). The molecular weight excluding hydrogens is 238 g/mol. The number of anilines is 1. The fourth-order valence-corrected chi connectivity index (χ4v) is 1.61. The van der Waals surface area contributed by atoms with E-state index < -0.39 is 0 Å². The van der Waals surface area contributed by atoms with Crippen molar-refractivity contribution in [3.05, 3.63) is 66.3 Å². The van der Waals surface area contributed by atoms with Gasteiger partial charge in [0, 0.05) is 11.1 Å². The van der Waals surface area contributed by atoms with Crippen LogP contribution in [-0.2, 0) is 4.79 Å². The van der Waals surface area contributed by atoms with E-state index in [1.807, 2.05) is 6.92 Å². The molecule has 98 valence electrons. The van der Waals surface area contributed by atoms with Gasteiger partial charge in [-0.15, -0.1) is 0 Å². The third kappa shape index (κ3) is 4.07. The van der Waals surface area contributed by atoms with E-state index in [-0.39, 0.29) is 11.7 Å². The summed E-state index contributed by atoms with van der Waals surface area (Å²) in [7, 11) is 0. The summed E-state index contributed by atoms with van der Waals surface area (Å²) in [6.07, 6.45) is 6.62. The van der Waals surface area contributed by atoms with Crippen LogP contribution in [0.15, 0.2) is 60.7 Å². The molecule has 3 nitrogen and oxygen atoms in total. The van der Waals surface area contributed by atoms with Gasteiger partial charge in [0.25, 0.3) is 5.91 Å². The van der Waals surface area contributed by atoms with Crippen molar-refractivity contribution in [2.24, 2.45) is 0 Å². The fourth-order valence-electron chi connectivity index (χ4n) is 1.61. The van der Waals surface area contributed by atoms with E-state index in [0.717, 1.165) is 0 Å². The predicted octanol–water partition coefficient (Wildman–Crippen LogP) is 3.52. The van der Waals surface area contributed by atoms with Gasteiger partial charge in [-0.2, -0.15) is 0 Å². The Morgan fingerprint density at radius 1 is 1.26 bits per heavy atom. The number of nitrogens with one attached hydrogen (secondary N) is 1. The highest BCUT2D eigenvalue weighted by Crippen LogP contribution is 2.16. The third-order valence-electron chi connectivity index (χ3n) is 2.46. The molecule has 3 heteroatoms. The Balaban J connectivity index is 3.02. The first-order chi connectivity index (χ1) is 9.10. The molecule has 0 atom stereocenters. The molecule has 0 saturated carbocycles. The monoisotopic (exact) mass is 255 g/mol. The van der Waals surface area contributed by atoms with E-state index in [1.54, 1.807) is 48.6 Å². The van der Waals surface area contributed by atoms with Crippen molar-refractivity contribution in [3.63, 3.8) is 0 Å². The second-order valence-corrected chi connectivity index (χ2v) is 3.91. The van der Waals surface area contributed by atoms with E-state index in [1.165, 1.54) is 6.92 Å². The third-order valence-corrected chi connectivity index (χ3v) is 2.46. The van der Waals surface area contributed by atoms with Crippen molar-refractivity contribution in [2.45, 2.75) is 13.8 Å². The molecule has 0 spiro atoms. The van der Waals surface area contributed by atoms with Gasteiger partial charge in [0.1, 0.15) is 0 Å². The molecular formula is C16H17NO2. The lowest BCUT2D eigenvalue weighted by Crippen LogP contribution is -2.15. The first-order valence-electron chi connectivity index (χ1n) is 5.97. The Morgan fingerprint density at radius 2 is 1.95 bits per heavy atom. The van der Waals surface area contributed by atoms with Gasteiger partial charge in [-0.25, -0.2) is 0 Å². The molecule has 0 bridgehead atoms. The Kier molecular flexibility index (Phi) is 5.48. The number of para-hydroxylation sites is 1. The lowest BCUT2D eigenvalue weighted by molar-refractivity contribution is -0.112. The van der Waals surface area contributed by atoms with E-state index in [4.69, 9.17) is 0 Å². The molecule has 0 aliphatic rings. The van der Waals surface area contributed by atoms with Crippen LogP contribution in [0.25, 0.3) is 0 Å². The van der Waals surface area contributed by atoms with Gasteiger partial charge >= 0.3 is 0 Å². The van der Waals surface area contributed by atoms with Gasteiger partial charge < -0.3 is 5.32 Å². The zero-order valence-electron chi connectivity index (χ0n) is 11.1. The average Bonchev–Trinajstić information content (AvgIpc) is 2.38. The highest BCUT2D eigenvalue weighted by Gasteiger charge is 2.11. The van der Waals surface area contributed by atoms with Crippen LogP contribution in [-0.4, -0.2) is 11.7 Å². The van der Waals surface area contributed by atoms with Crippen LogP contribution in [0.3, 0.4) is 0 Å². The molecule has 0 fully saturated rings. The lowest BCUT2D eigenvalue weighted by Gasteiger charge is -2.09. The maximum absolute atomic E-state index is 12.1. The van der Waals surface area contributed by atoms with Gasteiger partial charge in [0.2, 0.25) is 0 Å². The Morgan fingerprint density at radius 3 is 2.53 bits per heavy atom. The molecule has 1 aromatic carbocycles. The SMILES string of the molecule is C=C/C=C(\C=C/C)C(=O)Nc1ccccc1C(C)=O. The van der Waals surface area contributed by atoms with Gasteiger partial charge in [-0.05, 0) is 26.0 Å². The second-order valence-electron chi connectivity index (χ2n) is 3.91. The van der Waals surface area contributed by atoms with Crippen LogP contribution in [0.4, 0.5) is 5.69 Å². The Labute approximate surface area is 113 Å². The number of rotatable bonds is 5. The van der Waals surface area contributed by atoms with Crippen molar-refractivity contribution in [2.75, 3.05) is 5.32 Å². The Hall–Kier alpha value is -2.42. The van der Waals surface area contributed by atoms with E-state index in [9.17, 15) is 9.59 Å². The number of hydrogen-bond donors (Lipinski definition) is 1. The number of amides is 1. The standard InChI is InChI=1S/C16H17NO2/c1-4-8-13(9-5-2)16(19)17-15-11-7-6-10-14(15)12(3)18/h4-11H,1H2,2-3H3,(H,17,19)/b9-5-,13-8+. The number of carbonyl (C=O) groups excluding carboxylic acids is 2. The molecule has 0 radical (unpaired) electrons. The van der Waals surface area contributed by atoms with Gasteiger partial charge in [-0.1, -0.05) is 43.0 Å². The van der Waals surface area contributed by atoms with Crippen LogP contribution in [0.1, 0.15) is 24.2 Å². The predicted molar refractivity (Wildman–Crippen MR) is 78.2 cm³/mol. The highest BCUT2D eigenvalue weighted by molar-refractivity contribution is 6.09. The number of carbonyl (C=O) groups is 2. The van der Waals surface area contributed by atoms with Crippen molar-refractivity contribution >= 4 is 17.4 Å². The van der Waals surface area contributed by atoms with Crippen molar-refractivity contribution in [1.82, 2.24) is 0 Å². The maximum atomic E-state index is 12.1. The number of ketones is 1. The van der Waals surface area contributed by atoms with Gasteiger partial charge in [-0.3, -0.25) is 9.59 Å². The number of allylic oxidation sites excluding steroid dienone is 3.